The number of carbonyl (C=O) groups excluding carboxylic acids is 1. The lowest BCUT2D eigenvalue weighted by Crippen LogP contribution is -2.22. The van der Waals surface area contributed by atoms with Crippen LogP contribution in [-0.2, 0) is 13.0 Å². The van der Waals surface area contributed by atoms with Gasteiger partial charge in [0.15, 0.2) is 0 Å². The third-order valence-corrected chi connectivity index (χ3v) is 4.39. The van der Waals surface area contributed by atoms with Crippen LogP contribution in [0.2, 0.25) is 0 Å². The van der Waals surface area contributed by atoms with E-state index in [0.717, 1.165) is 49.4 Å². The zero-order valence-electron chi connectivity index (χ0n) is 15.9. The quantitative estimate of drug-likeness (QED) is 0.697. The first-order valence-corrected chi connectivity index (χ1v) is 9.03. The summed E-state index contributed by atoms with van der Waals surface area (Å²) in [4.78, 5) is 15.1. The highest BCUT2D eigenvalue weighted by Crippen LogP contribution is 2.16. The maximum Gasteiger partial charge on any atom is 0.255 e. The molecule has 142 valence electrons. The lowest BCUT2D eigenvalue weighted by Gasteiger charge is -2.18. The molecule has 26 heavy (non-hydrogen) atoms. The van der Waals surface area contributed by atoms with Crippen LogP contribution < -0.4 is 10.6 Å². The minimum Gasteiger partial charge on any atom is -0.322 e. The van der Waals surface area contributed by atoms with Crippen molar-refractivity contribution in [2.24, 2.45) is 0 Å². The number of anilines is 1. The van der Waals surface area contributed by atoms with Gasteiger partial charge in [-0.1, -0.05) is 44.2 Å². The molecule has 2 aromatic rings. The SMILES string of the molecule is CCN(CC)Cc1cccc(NC(=O)c2ccccc2CCNC)c1.Cl. The van der Waals surface area contributed by atoms with Crippen molar-refractivity contribution in [2.75, 3.05) is 32.0 Å². The van der Waals surface area contributed by atoms with Gasteiger partial charge >= 0.3 is 0 Å². The molecule has 2 N–H and O–H groups in total. The van der Waals surface area contributed by atoms with Crippen molar-refractivity contribution in [3.8, 4) is 0 Å². The van der Waals surface area contributed by atoms with E-state index in [4.69, 9.17) is 0 Å². The Kier molecular flexibility index (Phi) is 9.96. The zero-order chi connectivity index (χ0) is 18.1. The van der Waals surface area contributed by atoms with E-state index in [9.17, 15) is 4.79 Å². The van der Waals surface area contributed by atoms with E-state index in [-0.39, 0.29) is 18.3 Å². The molecule has 0 atom stereocenters. The van der Waals surface area contributed by atoms with Crippen LogP contribution in [0.5, 0.6) is 0 Å². The smallest absolute Gasteiger partial charge is 0.255 e. The van der Waals surface area contributed by atoms with E-state index in [1.54, 1.807) is 0 Å². The van der Waals surface area contributed by atoms with Crippen molar-refractivity contribution in [1.82, 2.24) is 10.2 Å². The van der Waals surface area contributed by atoms with Crippen molar-refractivity contribution in [1.29, 1.82) is 0 Å². The average Bonchev–Trinajstić information content (AvgIpc) is 2.65. The Bertz CT molecular complexity index is 686. The number of nitrogens with one attached hydrogen (secondary N) is 2. The molecule has 0 heterocycles. The maximum atomic E-state index is 12.7. The highest BCUT2D eigenvalue weighted by atomic mass is 35.5. The monoisotopic (exact) mass is 375 g/mol. The standard InChI is InChI=1S/C21H29N3O.ClH/c1-4-24(5-2)16-17-9-8-11-19(15-17)23-21(25)20-12-7-6-10-18(20)13-14-22-3;/h6-12,15,22H,4-5,13-14,16H2,1-3H3,(H,23,25);1H. The molecule has 0 bridgehead atoms. The molecule has 0 aromatic heterocycles. The highest BCUT2D eigenvalue weighted by Gasteiger charge is 2.11. The number of amides is 1. The van der Waals surface area contributed by atoms with E-state index < -0.39 is 0 Å². The molecule has 0 saturated heterocycles. The first-order chi connectivity index (χ1) is 12.2. The Morgan fingerprint density at radius 3 is 2.46 bits per heavy atom. The number of rotatable bonds is 9. The molecule has 2 aromatic carbocycles. The molecule has 5 heteroatoms. The predicted octanol–water partition coefficient (Wildman–Crippen LogP) is 3.96. The van der Waals surface area contributed by atoms with Crippen LogP contribution in [0.1, 0.15) is 35.3 Å². The van der Waals surface area contributed by atoms with Gasteiger partial charge in [-0.3, -0.25) is 9.69 Å². The van der Waals surface area contributed by atoms with Gasteiger partial charge in [-0.05, 0) is 62.4 Å². The van der Waals surface area contributed by atoms with Gasteiger partial charge in [0.25, 0.3) is 5.91 Å². The largest absolute Gasteiger partial charge is 0.322 e. The van der Waals surface area contributed by atoms with Gasteiger partial charge in [0.05, 0.1) is 0 Å². The number of hydrogen-bond acceptors (Lipinski definition) is 3. The fourth-order valence-corrected chi connectivity index (χ4v) is 2.87. The Morgan fingerprint density at radius 1 is 1.04 bits per heavy atom. The van der Waals surface area contributed by atoms with Crippen molar-refractivity contribution < 1.29 is 4.79 Å². The van der Waals surface area contributed by atoms with E-state index in [1.165, 1.54) is 5.56 Å². The molecule has 0 aliphatic carbocycles. The van der Waals surface area contributed by atoms with Gasteiger partial charge in [0.1, 0.15) is 0 Å². The van der Waals surface area contributed by atoms with E-state index in [0.29, 0.717) is 0 Å². The van der Waals surface area contributed by atoms with Crippen LogP contribution in [0, 0.1) is 0 Å². The fraction of sp³-hybridized carbons (Fsp3) is 0.381. The summed E-state index contributed by atoms with van der Waals surface area (Å²) in [5, 5.41) is 6.18. The lowest BCUT2D eigenvalue weighted by atomic mass is 10.0. The average molecular weight is 376 g/mol. The van der Waals surface area contributed by atoms with Gasteiger partial charge in [0.2, 0.25) is 0 Å². The van der Waals surface area contributed by atoms with Crippen LogP contribution >= 0.6 is 12.4 Å². The fourth-order valence-electron chi connectivity index (χ4n) is 2.87. The topological polar surface area (TPSA) is 44.4 Å². The second-order valence-corrected chi connectivity index (χ2v) is 6.13. The summed E-state index contributed by atoms with van der Waals surface area (Å²) >= 11 is 0. The minimum atomic E-state index is -0.0494. The van der Waals surface area contributed by atoms with Gasteiger partial charge in [-0.15, -0.1) is 12.4 Å². The molecule has 2 rings (SSSR count). The van der Waals surface area contributed by atoms with E-state index in [1.807, 2.05) is 43.4 Å². The summed E-state index contributed by atoms with van der Waals surface area (Å²) in [6, 6.07) is 15.9. The van der Waals surface area contributed by atoms with E-state index in [2.05, 4.69) is 41.5 Å². The molecular weight excluding hydrogens is 346 g/mol. The molecule has 0 unspecified atom stereocenters. The van der Waals surface area contributed by atoms with Crippen LogP contribution in [0.3, 0.4) is 0 Å². The van der Waals surface area contributed by atoms with Crippen molar-refractivity contribution >= 4 is 24.0 Å². The van der Waals surface area contributed by atoms with Crippen molar-refractivity contribution in [3.63, 3.8) is 0 Å². The molecular formula is C21H30ClN3O. The Balaban J connectivity index is 0.00000338. The van der Waals surface area contributed by atoms with Crippen molar-refractivity contribution in [2.45, 2.75) is 26.8 Å². The number of carbonyl (C=O) groups is 1. The second-order valence-electron chi connectivity index (χ2n) is 6.13. The number of benzene rings is 2. The third kappa shape index (κ3) is 6.45. The highest BCUT2D eigenvalue weighted by molar-refractivity contribution is 6.05. The second kappa shape index (κ2) is 11.7. The van der Waals surface area contributed by atoms with Crippen LogP contribution in [-0.4, -0.2) is 37.5 Å². The number of halogens is 1. The minimum absolute atomic E-state index is 0. The zero-order valence-corrected chi connectivity index (χ0v) is 16.7. The molecule has 0 radical (unpaired) electrons. The molecule has 0 saturated carbocycles. The van der Waals surface area contributed by atoms with Gasteiger partial charge < -0.3 is 10.6 Å². The summed E-state index contributed by atoms with van der Waals surface area (Å²) in [5.74, 6) is -0.0494. The molecule has 1 amide bonds. The van der Waals surface area contributed by atoms with Crippen LogP contribution in [0.25, 0.3) is 0 Å². The van der Waals surface area contributed by atoms with E-state index >= 15 is 0 Å². The van der Waals surface area contributed by atoms with Crippen LogP contribution in [0.4, 0.5) is 5.69 Å². The third-order valence-electron chi connectivity index (χ3n) is 4.39. The Labute approximate surface area is 163 Å². The lowest BCUT2D eigenvalue weighted by molar-refractivity contribution is 0.102. The summed E-state index contributed by atoms with van der Waals surface area (Å²) in [5.41, 5.74) is 3.86. The molecule has 0 spiro atoms. The van der Waals surface area contributed by atoms with Gasteiger partial charge in [0, 0.05) is 17.8 Å². The summed E-state index contributed by atoms with van der Waals surface area (Å²) in [6.45, 7) is 8.12. The summed E-state index contributed by atoms with van der Waals surface area (Å²) in [7, 11) is 1.92. The predicted molar refractivity (Wildman–Crippen MR) is 112 cm³/mol. The molecule has 0 aliphatic heterocycles. The van der Waals surface area contributed by atoms with Gasteiger partial charge in [-0.2, -0.15) is 0 Å². The number of hydrogen-bond donors (Lipinski definition) is 2. The molecule has 0 aliphatic rings. The molecule has 4 nitrogen and oxygen atoms in total. The Hall–Kier alpha value is -1.88. The first kappa shape index (κ1) is 22.2. The van der Waals surface area contributed by atoms with Crippen molar-refractivity contribution in [3.05, 3.63) is 65.2 Å². The maximum absolute atomic E-state index is 12.7. The van der Waals surface area contributed by atoms with Gasteiger partial charge in [-0.25, -0.2) is 0 Å². The first-order valence-electron chi connectivity index (χ1n) is 9.03. The number of nitrogens with zero attached hydrogens (tertiary/aromatic N) is 1. The summed E-state index contributed by atoms with van der Waals surface area (Å²) < 4.78 is 0. The molecule has 0 fully saturated rings. The number of likely N-dealkylation sites (N-methyl/N-ethyl adjacent to an activating group) is 1. The summed E-state index contributed by atoms with van der Waals surface area (Å²) in [6.07, 6.45) is 0.835. The Morgan fingerprint density at radius 2 is 1.77 bits per heavy atom. The normalized spacial score (nSPS) is 10.5. The van der Waals surface area contributed by atoms with Crippen LogP contribution in [0.15, 0.2) is 48.5 Å².